The van der Waals surface area contributed by atoms with E-state index in [0.717, 1.165) is 23.2 Å². The van der Waals surface area contributed by atoms with Crippen molar-refractivity contribution in [3.8, 4) is 11.5 Å². The Balaban J connectivity index is 1.57. The second-order valence-corrected chi connectivity index (χ2v) is 6.84. The molecule has 0 bridgehead atoms. The van der Waals surface area contributed by atoms with E-state index >= 15 is 0 Å². The summed E-state index contributed by atoms with van der Waals surface area (Å²) in [6, 6.07) is 17.1. The van der Waals surface area contributed by atoms with Crippen molar-refractivity contribution in [3.63, 3.8) is 0 Å². The predicted octanol–water partition coefficient (Wildman–Crippen LogP) is 4.25. The minimum Gasteiger partial charge on any atom is -0.441 e. The van der Waals surface area contributed by atoms with Crippen molar-refractivity contribution in [1.82, 2.24) is 10.3 Å². The lowest BCUT2D eigenvalue weighted by molar-refractivity contribution is -0.120. The fourth-order valence-electron chi connectivity index (χ4n) is 2.92. The van der Waals surface area contributed by atoms with Gasteiger partial charge in [0.2, 0.25) is 17.7 Å². The van der Waals surface area contributed by atoms with E-state index in [2.05, 4.69) is 15.6 Å². The number of aromatic nitrogens is 1. The molecule has 29 heavy (non-hydrogen) atoms. The summed E-state index contributed by atoms with van der Waals surface area (Å²) in [4.78, 5) is 28.6. The number of carbonyl (C=O) groups excluding carboxylic acids is 2. The third-order valence-corrected chi connectivity index (χ3v) is 4.42. The van der Waals surface area contributed by atoms with Gasteiger partial charge in [0.1, 0.15) is 5.76 Å². The Labute approximate surface area is 170 Å². The highest BCUT2D eigenvalue weighted by molar-refractivity contribution is 5.90. The van der Waals surface area contributed by atoms with Crippen LogP contribution in [-0.4, -0.2) is 16.8 Å². The Hall–Kier alpha value is -3.41. The van der Waals surface area contributed by atoms with Gasteiger partial charge in [0, 0.05) is 24.2 Å². The zero-order valence-corrected chi connectivity index (χ0v) is 16.7. The van der Waals surface area contributed by atoms with E-state index in [4.69, 9.17) is 4.42 Å². The lowest BCUT2D eigenvalue weighted by atomic mass is 10.2. The molecule has 150 valence electrons. The average Bonchev–Trinajstić information content (AvgIpc) is 3.08. The van der Waals surface area contributed by atoms with Crippen LogP contribution in [0.1, 0.15) is 36.8 Å². The van der Waals surface area contributed by atoms with Crippen LogP contribution in [0.5, 0.6) is 0 Å². The maximum atomic E-state index is 12.4. The number of carbonyl (C=O) groups is 2. The van der Waals surface area contributed by atoms with E-state index in [1.165, 1.54) is 0 Å². The Morgan fingerprint density at radius 1 is 1.03 bits per heavy atom. The van der Waals surface area contributed by atoms with Crippen LogP contribution >= 0.6 is 0 Å². The minimum atomic E-state index is -0.138. The van der Waals surface area contributed by atoms with Crippen LogP contribution in [-0.2, 0) is 22.6 Å². The number of amides is 2. The monoisotopic (exact) mass is 391 g/mol. The largest absolute Gasteiger partial charge is 0.441 e. The molecule has 0 radical (unpaired) electrons. The van der Waals surface area contributed by atoms with E-state index in [9.17, 15) is 9.59 Å². The molecule has 6 heteroatoms. The number of anilines is 1. The number of rotatable bonds is 8. The van der Waals surface area contributed by atoms with E-state index in [0.29, 0.717) is 30.3 Å². The van der Waals surface area contributed by atoms with Gasteiger partial charge in [-0.25, -0.2) is 4.98 Å². The molecule has 3 rings (SSSR count). The van der Waals surface area contributed by atoms with Gasteiger partial charge in [0.25, 0.3) is 0 Å². The van der Waals surface area contributed by atoms with Crippen molar-refractivity contribution in [2.24, 2.45) is 0 Å². The summed E-state index contributed by atoms with van der Waals surface area (Å²) < 4.78 is 5.71. The molecule has 0 aliphatic carbocycles. The lowest BCUT2D eigenvalue weighted by Crippen LogP contribution is -2.25. The third kappa shape index (κ3) is 5.78. The second-order valence-electron chi connectivity index (χ2n) is 6.84. The molecule has 0 saturated heterocycles. The van der Waals surface area contributed by atoms with Gasteiger partial charge in [-0.2, -0.15) is 0 Å². The molecule has 0 unspecified atom stereocenters. The van der Waals surface area contributed by atoms with Gasteiger partial charge in [-0.05, 0) is 43.2 Å². The molecule has 6 nitrogen and oxygen atoms in total. The molecular weight excluding hydrogens is 366 g/mol. The number of nitrogens with one attached hydrogen (secondary N) is 2. The molecule has 3 aromatic rings. The first kappa shape index (κ1) is 20.3. The van der Waals surface area contributed by atoms with Crippen LogP contribution < -0.4 is 10.6 Å². The summed E-state index contributed by atoms with van der Waals surface area (Å²) in [7, 11) is 0. The zero-order chi connectivity index (χ0) is 20.6. The number of aryl methyl sites for hydroxylation is 1. The van der Waals surface area contributed by atoms with E-state index in [-0.39, 0.29) is 18.2 Å². The fourth-order valence-corrected chi connectivity index (χ4v) is 2.92. The topological polar surface area (TPSA) is 84.2 Å². The van der Waals surface area contributed by atoms with Crippen molar-refractivity contribution >= 4 is 17.5 Å². The highest BCUT2D eigenvalue weighted by atomic mass is 16.4. The van der Waals surface area contributed by atoms with Crippen molar-refractivity contribution in [2.75, 3.05) is 5.32 Å². The highest BCUT2D eigenvalue weighted by Gasteiger charge is 2.14. The first-order valence-electron chi connectivity index (χ1n) is 9.72. The van der Waals surface area contributed by atoms with Crippen LogP contribution in [0, 0.1) is 6.92 Å². The molecule has 2 N–H and O–H groups in total. The van der Waals surface area contributed by atoms with Crippen LogP contribution in [0.25, 0.3) is 11.5 Å². The van der Waals surface area contributed by atoms with Crippen LogP contribution in [0.4, 0.5) is 5.69 Å². The van der Waals surface area contributed by atoms with E-state index < -0.39 is 0 Å². The van der Waals surface area contributed by atoms with Crippen molar-refractivity contribution in [1.29, 1.82) is 0 Å². The number of oxazole rings is 1. The zero-order valence-electron chi connectivity index (χ0n) is 16.7. The SMILES string of the molecule is CCCC(=O)Nc1cccc(CNC(=O)Cc2nc(-c3ccccc3)oc2C)c1. The Kier molecular flexibility index (Phi) is 6.79. The Bertz CT molecular complexity index is 980. The number of benzene rings is 2. The van der Waals surface area contributed by atoms with Gasteiger partial charge in [0.05, 0.1) is 12.1 Å². The van der Waals surface area contributed by atoms with Crippen molar-refractivity contribution in [2.45, 2.75) is 39.7 Å². The maximum absolute atomic E-state index is 12.4. The molecule has 0 fully saturated rings. The van der Waals surface area contributed by atoms with Crippen molar-refractivity contribution in [3.05, 3.63) is 71.6 Å². The molecule has 0 aliphatic heterocycles. The standard InChI is InChI=1S/C23H25N3O3/c1-3-8-21(27)25-19-12-7-9-17(13-19)15-24-22(28)14-20-16(2)29-23(26-20)18-10-5-4-6-11-18/h4-7,9-13H,3,8,14-15H2,1-2H3,(H,24,28)(H,25,27). The molecule has 2 amide bonds. The fraction of sp³-hybridized carbons (Fsp3) is 0.261. The van der Waals surface area contributed by atoms with Gasteiger partial charge in [-0.15, -0.1) is 0 Å². The molecule has 2 aromatic carbocycles. The second kappa shape index (κ2) is 9.68. The summed E-state index contributed by atoms with van der Waals surface area (Å²) in [5.74, 6) is 1.01. The Morgan fingerprint density at radius 2 is 1.83 bits per heavy atom. The summed E-state index contributed by atoms with van der Waals surface area (Å²) in [6.07, 6.45) is 1.44. The van der Waals surface area contributed by atoms with Crippen LogP contribution in [0.3, 0.4) is 0 Å². The molecule has 1 aromatic heterocycles. The van der Waals surface area contributed by atoms with Crippen molar-refractivity contribution < 1.29 is 14.0 Å². The van der Waals surface area contributed by atoms with Gasteiger partial charge in [0.15, 0.2) is 0 Å². The molecule has 0 aliphatic rings. The molecule has 0 spiro atoms. The van der Waals surface area contributed by atoms with Crippen LogP contribution in [0.2, 0.25) is 0 Å². The average molecular weight is 391 g/mol. The van der Waals surface area contributed by atoms with Gasteiger partial charge in [-0.3, -0.25) is 9.59 Å². The van der Waals surface area contributed by atoms with Crippen LogP contribution in [0.15, 0.2) is 59.0 Å². The third-order valence-electron chi connectivity index (χ3n) is 4.42. The lowest BCUT2D eigenvalue weighted by Gasteiger charge is -2.08. The number of hydrogen-bond donors (Lipinski definition) is 2. The summed E-state index contributed by atoms with van der Waals surface area (Å²) in [5.41, 5.74) is 3.15. The van der Waals surface area contributed by atoms with Gasteiger partial charge >= 0.3 is 0 Å². The molecule has 0 atom stereocenters. The predicted molar refractivity (Wildman–Crippen MR) is 112 cm³/mol. The maximum Gasteiger partial charge on any atom is 0.226 e. The summed E-state index contributed by atoms with van der Waals surface area (Å²) in [6.45, 7) is 4.15. The molecule has 1 heterocycles. The normalized spacial score (nSPS) is 10.6. The van der Waals surface area contributed by atoms with E-state index in [1.54, 1.807) is 0 Å². The Morgan fingerprint density at radius 3 is 2.59 bits per heavy atom. The number of nitrogens with zero attached hydrogens (tertiary/aromatic N) is 1. The molecular formula is C23H25N3O3. The number of hydrogen-bond acceptors (Lipinski definition) is 4. The molecule has 0 saturated carbocycles. The van der Waals surface area contributed by atoms with Gasteiger partial charge in [-0.1, -0.05) is 37.3 Å². The summed E-state index contributed by atoms with van der Waals surface area (Å²) in [5, 5.41) is 5.76. The first-order valence-corrected chi connectivity index (χ1v) is 9.72. The summed E-state index contributed by atoms with van der Waals surface area (Å²) >= 11 is 0. The minimum absolute atomic E-state index is 0.00980. The quantitative estimate of drug-likeness (QED) is 0.601. The highest BCUT2D eigenvalue weighted by Crippen LogP contribution is 2.21. The van der Waals surface area contributed by atoms with Gasteiger partial charge < -0.3 is 15.1 Å². The van der Waals surface area contributed by atoms with E-state index in [1.807, 2.05) is 68.4 Å². The first-order chi connectivity index (χ1) is 14.0. The smallest absolute Gasteiger partial charge is 0.226 e.